The molecule has 2 N–H and O–H groups in total. The Hall–Kier alpha value is -1.56. The number of nitrogens with one attached hydrogen (secondary N) is 1. The van der Waals surface area contributed by atoms with Crippen molar-refractivity contribution in [2.24, 2.45) is 0 Å². The molecule has 112 valence electrons. The molecule has 5 heteroatoms. The molecule has 0 aliphatic heterocycles. The van der Waals surface area contributed by atoms with E-state index in [2.05, 4.69) is 4.72 Å². The van der Waals surface area contributed by atoms with Crippen molar-refractivity contribution in [3.05, 3.63) is 47.8 Å². The van der Waals surface area contributed by atoms with Crippen LogP contribution in [0.2, 0.25) is 0 Å². The maximum Gasteiger partial charge on any atom is 0.176 e. The highest BCUT2D eigenvalue weighted by atomic mass is 32.2. The number of halogens is 1. The van der Waals surface area contributed by atoms with E-state index in [0.29, 0.717) is 22.6 Å². The minimum Gasteiger partial charge on any atom is -0.593 e. The summed E-state index contributed by atoms with van der Waals surface area (Å²) in [7, 11) is 0. The molecule has 0 fully saturated rings. The van der Waals surface area contributed by atoms with E-state index in [1.54, 1.807) is 18.2 Å². The van der Waals surface area contributed by atoms with E-state index >= 15 is 0 Å². The van der Waals surface area contributed by atoms with Gasteiger partial charge in [-0.25, -0.2) is 4.39 Å². The number of benzene rings is 2. The van der Waals surface area contributed by atoms with Crippen molar-refractivity contribution in [3.8, 4) is 16.9 Å². The molecule has 1 unspecified atom stereocenters. The van der Waals surface area contributed by atoms with Gasteiger partial charge in [0.2, 0.25) is 0 Å². The van der Waals surface area contributed by atoms with Crippen LogP contribution in [0, 0.1) is 12.7 Å². The van der Waals surface area contributed by atoms with Gasteiger partial charge >= 0.3 is 0 Å². The van der Waals surface area contributed by atoms with Gasteiger partial charge in [0, 0.05) is 23.7 Å². The third-order valence-electron chi connectivity index (χ3n) is 3.16. The third kappa shape index (κ3) is 3.56. The number of phenolic OH excluding ortho intramolecular Hbond substituents is 1. The van der Waals surface area contributed by atoms with Crippen LogP contribution in [0.25, 0.3) is 11.1 Å². The number of phenols is 1. The van der Waals surface area contributed by atoms with Gasteiger partial charge in [-0.1, -0.05) is 19.1 Å². The summed E-state index contributed by atoms with van der Waals surface area (Å²) in [6.45, 7) is 4.38. The summed E-state index contributed by atoms with van der Waals surface area (Å²) in [4.78, 5) is 0.387. The zero-order valence-electron chi connectivity index (χ0n) is 12.0. The molecule has 2 aromatic carbocycles. The first-order valence-corrected chi connectivity index (χ1v) is 7.93. The first-order valence-electron chi connectivity index (χ1n) is 6.78. The van der Waals surface area contributed by atoms with Crippen molar-refractivity contribution in [2.45, 2.75) is 25.2 Å². The fraction of sp³-hybridized carbons (Fsp3) is 0.250. The number of aryl methyl sites for hydroxylation is 1. The summed E-state index contributed by atoms with van der Waals surface area (Å²) in [5.74, 6) is -0.462. The Morgan fingerprint density at radius 2 is 2.05 bits per heavy atom. The molecule has 0 bridgehead atoms. The monoisotopic (exact) mass is 307 g/mol. The molecular formula is C16H18FNO2S. The predicted octanol–water partition coefficient (Wildman–Crippen LogP) is 3.53. The summed E-state index contributed by atoms with van der Waals surface area (Å²) in [6.07, 6.45) is 0.851. The highest BCUT2D eigenvalue weighted by Gasteiger charge is 2.17. The van der Waals surface area contributed by atoms with E-state index < -0.39 is 17.2 Å². The Balaban J connectivity index is 2.36. The van der Waals surface area contributed by atoms with Crippen LogP contribution in [0.4, 0.5) is 4.39 Å². The van der Waals surface area contributed by atoms with Crippen LogP contribution < -0.4 is 4.72 Å². The summed E-state index contributed by atoms with van der Waals surface area (Å²) in [6, 6.07) is 9.46. The Labute approximate surface area is 127 Å². The van der Waals surface area contributed by atoms with Gasteiger partial charge < -0.3 is 9.66 Å². The van der Waals surface area contributed by atoms with Crippen molar-refractivity contribution in [3.63, 3.8) is 0 Å². The average Bonchev–Trinajstić information content (AvgIpc) is 2.46. The van der Waals surface area contributed by atoms with Gasteiger partial charge in [-0.2, -0.15) is 0 Å². The topological polar surface area (TPSA) is 55.3 Å². The van der Waals surface area contributed by atoms with Gasteiger partial charge in [0.15, 0.2) is 4.90 Å². The molecule has 0 spiro atoms. The molecule has 3 nitrogen and oxygen atoms in total. The second-order valence-electron chi connectivity index (χ2n) is 4.77. The van der Waals surface area contributed by atoms with E-state index in [1.807, 2.05) is 19.9 Å². The molecule has 0 aromatic heterocycles. The minimum atomic E-state index is -1.42. The average molecular weight is 307 g/mol. The normalized spacial score (nSPS) is 12.4. The molecule has 0 saturated carbocycles. The molecule has 0 radical (unpaired) electrons. The van der Waals surface area contributed by atoms with E-state index in [9.17, 15) is 14.0 Å². The first kappa shape index (κ1) is 15.8. The Morgan fingerprint density at radius 3 is 2.67 bits per heavy atom. The lowest BCUT2D eigenvalue weighted by molar-refractivity contribution is 0.476. The maximum atomic E-state index is 14.3. The molecule has 1 atom stereocenters. The molecule has 2 rings (SSSR count). The third-order valence-corrected chi connectivity index (χ3v) is 4.31. The largest absolute Gasteiger partial charge is 0.593 e. The maximum absolute atomic E-state index is 14.3. The predicted molar refractivity (Wildman–Crippen MR) is 82.9 cm³/mol. The Kier molecular flexibility index (Phi) is 5.22. The van der Waals surface area contributed by atoms with Crippen LogP contribution in [0.5, 0.6) is 5.75 Å². The van der Waals surface area contributed by atoms with Crippen molar-refractivity contribution >= 4 is 11.4 Å². The number of hydrogen-bond donors (Lipinski definition) is 2. The van der Waals surface area contributed by atoms with Crippen molar-refractivity contribution in [1.82, 2.24) is 4.72 Å². The van der Waals surface area contributed by atoms with Crippen LogP contribution in [-0.2, 0) is 11.4 Å². The smallest absolute Gasteiger partial charge is 0.176 e. The van der Waals surface area contributed by atoms with Gasteiger partial charge in [0.25, 0.3) is 0 Å². The Morgan fingerprint density at radius 1 is 1.29 bits per heavy atom. The van der Waals surface area contributed by atoms with Crippen LogP contribution in [0.15, 0.2) is 41.3 Å². The van der Waals surface area contributed by atoms with E-state index in [-0.39, 0.29) is 5.75 Å². The zero-order valence-corrected chi connectivity index (χ0v) is 12.8. The van der Waals surface area contributed by atoms with E-state index in [0.717, 1.165) is 12.0 Å². The molecule has 2 aromatic rings. The fourth-order valence-corrected chi connectivity index (χ4v) is 3.05. The van der Waals surface area contributed by atoms with Gasteiger partial charge in [-0.05, 0) is 37.1 Å². The van der Waals surface area contributed by atoms with Crippen LogP contribution in [-0.4, -0.2) is 16.2 Å². The highest BCUT2D eigenvalue weighted by Crippen LogP contribution is 2.34. The molecule has 0 aliphatic rings. The zero-order chi connectivity index (χ0) is 15.4. The second-order valence-corrected chi connectivity index (χ2v) is 6.07. The molecule has 0 heterocycles. The summed E-state index contributed by atoms with van der Waals surface area (Å²) >= 11 is -1.42. The van der Waals surface area contributed by atoms with Crippen molar-refractivity contribution in [2.75, 3.05) is 6.54 Å². The lowest BCUT2D eigenvalue weighted by Gasteiger charge is -2.13. The highest BCUT2D eigenvalue weighted by molar-refractivity contribution is 7.89. The minimum absolute atomic E-state index is 0.0341. The van der Waals surface area contributed by atoms with Crippen molar-refractivity contribution in [1.29, 1.82) is 0 Å². The molecule has 21 heavy (non-hydrogen) atoms. The summed E-state index contributed by atoms with van der Waals surface area (Å²) in [5.41, 5.74) is 1.56. The molecular weight excluding hydrogens is 289 g/mol. The summed E-state index contributed by atoms with van der Waals surface area (Å²) in [5, 5.41) is 9.92. The molecule has 0 saturated heterocycles. The standard InChI is InChI=1S/C16H18FNO2S/c1-3-9-18-21(20)12-7-8-13(14(17)10-12)16-11(2)5-4-6-15(16)19/h4-8,10,18-19H,3,9H2,1-2H3. The second kappa shape index (κ2) is 6.93. The fourth-order valence-electron chi connectivity index (χ4n) is 2.09. The quantitative estimate of drug-likeness (QED) is 0.831. The summed E-state index contributed by atoms with van der Waals surface area (Å²) < 4.78 is 29.0. The van der Waals surface area contributed by atoms with Gasteiger partial charge in [-0.3, -0.25) is 0 Å². The number of rotatable bonds is 5. The Bertz CT molecular complexity index is 613. The molecule has 0 aliphatic carbocycles. The lowest BCUT2D eigenvalue weighted by atomic mass is 9.99. The number of aromatic hydroxyl groups is 1. The lowest BCUT2D eigenvalue weighted by Crippen LogP contribution is -2.24. The van der Waals surface area contributed by atoms with E-state index in [4.69, 9.17) is 0 Å². The van der Waals surface area contributed by atoms with Gasteiger partial charge in [-0.15, -0.1) is 4.72 Å². The van der Waals surface area contributed by atoms with Crippen molar-refractivity contribution < 1.29 is 14.0 Å². The SMILES string of the molecule is CCCN[S+]([O-])c1ccc(-c2c(C)cccc2O)c(F)c1. The van der Waals surface area contributed by atoms with Gasteiger partial charge in [0.05, 0.1) is 11.4 Å². The van der Waals surface area contributed by atoms with Crippen LogP contribution >= 0.6 is 0 Å². The number of hydrogen-bond acceptors (Lipinski definition) is 3. The molecule has 0 amide bonds. The first-order chi connectivity index (χ1) is 10.0. The van der Waals surface area contributed by atoms with E-state index in [1.165, 1.54) is 12.1 Å². The van der Waals surface area contributed by atoms with Crippen LogP contribution in [0.3, 0.4) is 0 Å². The van der Waals surface area contributed by atoms with Crippen LogP contribution in [0.1, 0.15) is 18.9 Å². The van der Waals surface area contributed by atoms with Gasteiger partial charge in [0.1, 0.15) is 11.6 Å².